The Bertz CT molecular complexity index is 303. The number of rotatable bonds is 3. The molecule has 108 valence electrons. The fourth-order valence-electron chi connectivity index (χ4n) is 4.58. The van der Waals surface area contributed by atoms with Gasteiger partial charge in [-0.2, -0.15) is 0 Å². The van der Waals surface area contributed by atoms with Crippen LogP contribution in [0.15, 0.2) is 0 Å². The lowest BCUT2D eigenvalue weighted by molar-refractivity contribution is -0.127. The van der Waals surface area contributed by atoms with Crippen molar-refractivity contribution in [2.45, 2.75) is 83.2 Å². The van der Waals surface area contributed by atoms with Crippen LogP contribution in [0.4, 0.5) is 0 Å². The number of carbonyl (C=O) groups excluding carboxylic acids is 1. The Hall–Kier alpha value is -0.370. The van der Waals surface area contributed by atoms with Gasteiger partial charge in [-0.3, -0.25) is 9.69 Å². The molecule has 3 rings (SSSR count). The number of fused-ring (bicyclic) bond motifs is 2. The molecule has 2 heterocycles. The van der Waals surface area contributed by atoms with E-state index in [1.165, 1.54) is 57.9 Å². The summed E-state index contributed by atoms with van der Waals surface area (Å²) in [5.74, 6) is 2.45. The SMILES string of the molecule is CC1CCC(CCN2C3CCCC2CC(=O)C3)CC1. The Morgan fingerprint density at radius 2 is 1.63 bits per heavy atom. The lowest BCUT2D eigenvalue weighted by Gasteiger charge is -2.46. The fraction of sp³-hybridized carbons (Fsp3) is 0.941. The maximum atomic E-state index is 11.7. The van der Waals surface area contributed by atoms with Crippen LogP contribution in [0.25, 0.3) is 0 Å². The molecule has 2 atom stereocenters. The van der Waals surface area contributed by atoms with Gasteiger partial charge in [-0.25, -0.2) is 0 Å². The number of hydrogen-bond donors (Lipinski definition) is 0. The zero-order valence-electron chi connectivity index (χ0n) is 12.4. The summed E-state index contributed by atoms with van der Waals surface area (Å²) in [6.07, 6.45) is 12.7. The second-order valence-corrected chi connectivity index (χ2v) is 7.34. The van der Waals surface area contributed by atoms with Gasteiger partial charge in [0.1, 0.15) is 5.78 Å². The molecule has 3 aliphatic rings. The summed E-state index contributed by atoms with van der Waals surface area (Å²) in [5.41, 5.74) is 0. The van der Waals surface area contributed by atoms with E-state index in [4.69, 9.17) is 0 Å². The molecule has 0 radical (unpaired) electrons. The summed E-state index contributed by atoms with van der Waals surface area (Å²) in [7, 11) is 0. The van der Waals surface area contributed by atoms with Gasteiger partial charge in [0.2, 0.25) is 0 Å². The van der Waals surface area contributed by atoms with Crippen LogP contribution in [0.3, 0.4) is 0 Å². The summed E-state index contributed by atoms with van der Waals surface area (Å²) in [5, 5.41) is 0. The third kappa shape index (κ3) is 3.21. The molecule has 2 nitrogen and oxygen atoms in total. The molecule has 2 aliphatic heterocycles. The van der Waals surface area contributed by atoms with Gasteiger partial charge in [-0.15, -0.1) is 0 Å². The molecule has 0 N–H and O–H groups in total. The predicted octanol–water partition coefficient (Wildman–Crippen LogP) is 3.79. The van der Waals surface area contributed by atoms with Crippen LogP contribution in [0.1, 0.15) is 71.1 Å². The van der Waals surface area contributed by atoms with Crippen molar-refractivity contribution in [3.63, 3.8) is 0 Å². The molecule has 0 aromatic carbocycles. The number of piperidine rings is 2. The minimum absolute atomic E-state index is 0.525. The Kier molecular flexibility index (Phi) is 4.26. The van der Waals surface area contributed by atoms with E-state index in [2.05, 4.69) is 11.8 Å². The lowest BCUT2D eigenvalue weighted by atomic mass is 9.80. The first-order chi connectivity index (χ1) is 9.22. The van der Waals surface area contributed by atoms with E-state index in [1.54, 1.807) is 0 Å². The number of Topliss-reactive ketones (excluding diaryl/α,β-unsaturated/α-hetero) is 1. The summed E-state index contributed by atoms with van der Waals surface area (Å²) in [6, 6.07) is 1.20. The van der Waals surface area contributed by atoms with Gasteiger partial charge in [-0.1, -0.05) is 39.0 Å². The van der Waals surface area contributed by atoms with E-state index in [1.807, 2.05) is 0 Å². The average Bonchev–Trinajstić information content (AvgIpc) is 2.38. The van der Waals surface area contributed by atoms with Crippen molar-refractivity contribution in [3.05, 3.63) is 0 Å². The molecule has 2 heteroatoms. The molecule has 0 spiro atoms. The van der Waals surface area contributed by atoms with Crippen molar-refractivity contribution >= 4 is 5.78 Å². The van der Waals surface area contributed by atoms with Crippen molar-refractivity contribution in [2.24, 2.45) is 11.8 Å². The topological polar surface area (TPSA) is 20.3 Å². The fourth-order valence-corrected chi connectivity index (χ4v) is 4.58. The van der Waals surface area contributed by atoms with E-state index < -0.39 is 0 Å². The first-order valence-electron chi connectivity index (χ1n) is 8.50. The molecule has 1 saturated carbocycles. The van der Waals surface area contributed by atoms with Gasteiger partial charge in [0.25, 0.3) is 0 Å². The minimum atomic E-state index is 0.525. The summed E-state index contributed by atoms with van der Waals surface area (Å²) in [6.45, 7) is 3.67. The van der Waals surface area contributed by atoms with E-state index >= 15 is 0 Å². The Morgan fingerprint density at radius 3 is 2.26 bits per heavy atom. The van der Waals surface area contributed by atoms with Gasteiger partial charge in [-0.05, 0) is 37.6 Å². The molecule has 0 aromatic heterocycles. The second kappa shape index (κ2) is 5.95. The van der Waals surface area contributed by atoms with Crippen LogP contribution < -0.4 is 0 Å². The summed E-state index contributed by atoms with van der Waals surface area (Å²) < 4.78 is 0. The van der Waals surface area contributed by atoms with Gasteiger partial charge >= 0.3 is 0 Å². The Labute approximate surface area is 117 Å². The van der Waals surface area contributed by atoms with Crippen molar-refractivity contribution in [3.8, 4) is 0 Å². The Balaban J connectivity index is 1.50. The van der Waals surface area contributed by atoms with Crippen LogP contribution in [-0.4, -0.2) is 29.3 Å². The summed E-state index contributed by atoms with van der Waals surface area (Å²) >= 11 is 0. The van der Waals surface area contributed by atoms with Crippen molar-refractivity contribution in [2.75, 3.05) is 6.54 Å². The molecule has 3 fully saturated rings. The number of ketones is 1. The standard InChI is InChI=1S/C17H29NO/c1-13-5-7-14(8-6-13)9-10-18-15-3-2-4-16(18)12-17(19)11-15/h13-16H,2-12H2,1H3. The van der Waals surface area contributed by atoms with Crippen LogP contribution >= 0.6 is 0 Å². The van der Waals surface area contributed by atoms with E-state index in [9.17, 15) is 4.79 Å². The number of nitrogens with zero attached hydrogens (tertiary/aromatic N) is 1. The first kappa shape index (κ1) is 13.6. The molecule has 2 saturated heterocycles. The highest BCUT2D eigenvalue weighted by Crippen LogP contribution is 2.35. The van der Waals surface area contributed by atoms with Crippen molar-refractivity contribution in [1.29, 1.82) is 0 Å². The normalized spacial score (nSPS) is 40.4. The molecule has 2 bridgehead atoms. The highest BCUT2D eigenvalue weighted by Gasteiger charge is 2.37. The first-order valence-corrected chi connectivity index (χ1v) is 8.50. The minimum Gasteiger partial charge on any atom is -0.300 e. The van der Waals surface area contributed by atoms with Gasteiger partial charge in [0.15, 0.2) is 0 Å². The molecular formula is C17H29NO. The second-order valence-electron chi connectivity index (χ2n) is 7.34. The van der Waals surface area contributed by atoms with Gasteiger partial charge in [0, 0.05) is 24.9 Å². The summed E-state index contributed by atoms with van der Waals surface area (Å²) in [4.78, 5) is 14.4. The maximum Gasteiger partial charge on any atom is 0.136 e. The van der Waals surface area contributed by atoms with Crippen molar-refractivity contribution < 1.29 is 4.79 Å². The quantitative estimate of drug-likeness (QED) is 0.772. The zero-order chi connectivity index (χ0) is 13.2. The Morgan fingerprint density at radius 1 is 1.00 bits per heavy atom. The van der Waals surface area contributed by atoms with Crippen LogP contribution in [-0.2, 0) is 4.79 Å². The highest BCUT2D eigenvalue weighted by atomic mass is 16.1. The largest absolute Gasteiger partial charge is 0.300 e. The lowest BCUT2D eigenvalue weighted by Crippen LogP contribution is -2.52. The molecule has 2 unspecified atom stereocenters. The smallest absolute Gasteiger partial charge is 0.136 e. The molecule has 1 aliphatic carbocycles. The molecular weight excluding hydrogens is 234 g/mol. The van der Waals surface area contributed by atoms with E-state index in [0.29, 0.717) is 17.9 Å². The maximum absolute atomic E-state index is 11.7. The third-order valence-electron chi connectivity index (χ3n) is 5.87. The van der Waals surface area contributed by atoms with Gasteiger partial charge in [0.05, 0.1) is 0 Å². The van der Waals surface area contributed by atoms with Crippen LogP contribution in [0.2, 0.25) is 0 Å². The average molecular weight is 263 g/mol. The third-order valence-corrected chi connectivity index (χ3v) is 5.87. The number of carbonyl (C=O) groups is 1. The molecule has 0 aromatic rings. The van der Waals surface area contributed by atoms with Gasteiger partial charge < -0.3 is 0 Å². The highest BCUT2D eigenvalue weighted by molar-refractivity contribution is 5.80. The zero-order valence-corrected chi connectivity index (χ0v) is 12.4. The van der Waals surface area contributed by atoms with Crippen LogP contribution in [0, 0.1) is 11.8 Å². The number of hydrogen-bond acceptors (Lipinski definition) is 2. The molecule has 0 amide bonds. The van der Waals surface area contributed by atoms with E-state index in [-0.39, 0.29) is 0 Å². The van der Waals surface area contributed by atoms with E-state index in [0.717, 1.165) is 24.7 Å². The van der Waals surface area contributed by atoms with Crippen molar-refractivity contribution in [1.82, 2.24) is 4.90 Å². The monoisotopic (exact) mass is 263 g/mol. The predicted molar refractivity (Wildman–Crippen MR) is 78.1 cm³/mol. The van der Waals surface area contributed by atoms with Crippen LogP contribution in [0.5, 0.6) is 0 Å². The molecule has 19 heavy (non-hydrogen) atoms.